The van der Waals surface area contributed by atoms with E-state index in [-0.39, 0.29) is 10.7 Å². The summed E-state index contributed by atoms with van der Waals surface area (Å²) in [6.07, 6.45) is 3.30. The highest BCUT2D eigenvalue weighted by Gasteiger charge is 2.38. The molecule has 2 aliphatic heterocycles. The van der Waals surface area contributed by atoms with Crippen LogP contribution in [0, 0.1) is 0 Å². The van der Waals surface area contributed by atoms with Crippen molar-refractivity contribution in [2.45, 2.75) is 31.3 Å². The van der Waals surface area contributed by atoms with Crippen molar-refractivity contribution in [3.63, 3.8) is 0 Å². The molecule has 2 saturated heterocycles. The molecule has 0 aromatic heterocycles. The first-order chi connectivity index (χ1) is 6.62. The third-order valence-electron chi connectivity index (χ3n) is 3.08. The van der Waals surface area contributed by atoms with Gasteiger partial charge in [0.15, 0.2) is 0 Å². The molecule has 0 aliphatic carbocycles. The highest BCUT2D eigenvalue weighted by molar-refractivity contribution is 9.10. The Labute approximate surface area is 93.2 Å². The molecular weight excluding hydrogens is 268 g/mol. The van der Waals surface area contributed by atoms with Gasteiger partial charge in [-0.3, -0.25) is 4.90 Å². The Balaban J connectivity index is 1.99. The minimum absolute atomic E-state index is 0.00319. The van der Waals surface area contributed by atoms with Crippen LogP contribution in [-0.2, 0) is 10.0 Å². The summed E-state index contributed by atoms with van der Waals surface area (Å²) in [5.74, 6) is 0. The largest absolute Gasteiger partial charge is 0.299 e. The SMILES string of the molecule is O=S(=O)(CBr)NC1CCN2CCCC12. The number of sulfonamides is 1. The van der Waals surface area contributed by atoms with Gasteiger partial charge in [-0.15, -0.1) is 0 Å². The average molecular weight is 283 g/mol. The van der Waals surface area contributed by atoms with Crippen LogP contribution in [0.25, 0.3) is 0 Å². The van der Waals surface area contributed by atoms with E-state index in [9.17, 15) is 8.42 Å². The second kappa shape index (κ2) is 4.08. The second-order valence-electron chi connectivity index (χ2n) is 3.98. The molecule has 0 amide bonds. The predicted octanol–water partition coefficient (Wildman–Crippen LogP) is 0.495. The van der Waals surface area contributed by atoms with Crippen LogP contribution >= 0.6 is 15.9 Å². The van der Waals surface area contributed by atoms with Crippen LogP contribution in [0.15, 0.2) is 0 Å². The Morgan fingerprint density at radius 2 is 2.14 bits per heavy atom. The lowest BCUT2D eigenvalue weighted by molar-refractivity contribution is 0.309. The Morgan fingerprint density at radius 1 is 1.36 bits per heavy atom. The molecule has 0 radical (unpaired) electrons. The van der Waals surface area contributed by atoms with Gasteiger partial charge in [0.1, 0.15) is 4.66 Å². The molecule has 2 fully saturated rings. The molecule has 1 N–H and O–H groups in total. The van der Waals surface area contributed by atoms with Gasteiger partial charge in [0.2, 0.25) is 10.0 Å². The average Bonchev–Trinajstić information content (AvgIpc) is 2.70. The summed E-state index contributed by atoms with van der Waals surface area (Å²) in [5.41, 5.74) is 0. The van der Waals surface area contributed by atoms with Gasteiger partial charge in [0.05, 0.1) is 0 Å². The van der Waals surface area contributed by atoms with E-state index in [0.29, 0.717) is 6.04 Å². The highest BCUT2D eigenvalue weighted by atomic mass is 79.9. The van der Waals surface area contributed by atoms with Crippen molar-refractivity contribution in [1.82, 2.24) is 9.62 Å². The zero-order valence-electron chi connectivity index (χ0n) is 7.95. The summed E-state index contributed by atoms with van der Waals surface area (Å²) in [6.45, 7) is 2.18. The molecule has 0 saturated carbocycles. The number of rotatable bonds is 3. The number of hydrogen-bond donors (Lipinski definition) is 1. The zero-order valence-corrected chi connectivity index (χ0v) is 10.3. The van der Waals surface area contributed by atoms with E-state index >= 15 is 0 Å². The molecule has 2 aliphatic rings. The lowest BCUT2D eigenvalue weighted by Crippen LogP contribution is -2.42. The molecule has 2 unspecified atom stereocenters. The normalized spacial score (nSPS) is 33.5. The monoisotopic (exact) mass is 282 g/mol. The molecule has 2 heterocycles. The fourth-order valence-corrected chi connectivity index (χ4v) is 3.68. The second-order valence-corrected chi connectivity index (χ2v) is 7.04. The zero-order chi connectivity index (χ0) is 10.2. The van der Waals surface area contributed by atoms with Gasteiger partial charge >= 0.3 is 0 Å². The van der Waals surface area contributed by atoms with Crippen molar-refractivity contribution < 1.29 is 8.42 Å². The maximum Gasteiger partial charge on any atom is 0.221 e. The minimum atomic E-state index is -3.10. The van der Waals surface area contributed by atoms with Crippen molar-refractivity contribution in [3.8, 4) is 0 Å². The molecule has 14 heavy (non-hydrogen) atoms. The topological polar surface area (TPSA) is 49.4 Å². The number of alkyl halides is 1. The van der Waals surface area contributed by atoms with Crippen molar-refractivity contribution >= 4 is 26.0 Å². The van der Waals surface area contributed by atoms with Crippen LogP contribution < -0.4 is 4.72 Å². The van der Waals surface area contributed by atoms with E-state index < -0.39 is 10.0 Å². The Hall–Kier alpha value is 0.350. The Kier molecular flexibility index (Phi) is 3.16. The maximum absolute atomic E-state index is 11.4. The van der Waals surface area contributed by atoms with Crippen LogP contribution in [0.1, 0.15) is 19.3 Å². The van der Waals surface area contributed by atoms with Crippen molar-refractivity contribution in [1.29, 1.82) is 0 Å². The number of nitrogens with zero attached hydrogens (tertiary/aromatic N) is 1. The van der Waals surface area contributed by atoms with Gasteiger partial charge in [0.25, 0.3) is 0 Å². The minimum Gasteiger partial charge on any atom is -0.299 e. The summed E-state index contributed by atoms with van der Waals surface area (Å²) in [6, 6.07) is 0.587. The molecule has 0 aromatic carbocycles. The standard InChI is InChI=1S/C8H15BrN2O2S/c9-6-14(12,13)10-7-3-5-11-4-1-2-8(7)11/h7-8,10H,1-6H2. The molecule has 6 heteroatoms. The van der Waals surface area contributed by atoms with Crippen LogP contribution in [0.4, 0.5) is 0 Å². The molecule has 0 bridgehead atoms. The van der Waals surface area contributed by atoms with Crippen LogP contribution in [0.3, 0.4) is 0 Å². The Bertz CT molecular complexity index is 306. The summed E-state index contributed by atoms with van der Waals surface area (Å²) in [4.78, 5) is 2.39. The molecule has 2 atom stereocenters. The first-order valence-corrected chi connectivity index (χ1v) is 7.70. The first-order valence-electron chi connectivity index (χ1n) is 4.92. The smallest absolute Gasteiger partial charge is 0.221 e. The van der Waals surface area contributed by atoms with Gasteiger partial charge in [-0.25, -0.2) is 13.1 Å². The van der Waals surface area contributed by atoms with Gasteiger partial charge in [-0.05, 0) is 25.8 Å². The van der Waals surface area contributed by atoms with Gasteiger partial charge in [0, 0.05) is 18.6 Å². The highest BCUT2D eigenvalue weighted by Crippen LogP contribution is 2.28. The van der Waals surface area contributed by atoms with Crippen LogP contribution in [0.2, 0.25) is 0 Å². The molecular formula is C8H15BrN2O2S. The lowest BCUT2D eigenvalue weighted by atomic mass is 10.1. The maximum atomic E-state index is 11.4. The third-order valence-corrected chi connectivity index (χ3v) is 5.84. The van der Waals surface area contributed by atoms with Crippen molar-refractivity contribution in [2.24, 2.45) is 0 Å². The molecule has 0 aromatic rings. The third kappa shape index (κ3) is 2.13. The van der Waals surface area contributed by atoms with E-state index in [1.54, 1.807) is 0 Å². The van der Waals surface area contributed by atoms with E-state index in [4.69, 9.17) is 0 Å². The molecule has 4 nitrogen and oxygen atoms in total. The van der Waals surface area contributed by atoms with Gasteiger partial charge in [-0.1, -0.05) is 15.9 Å². The van der Waals surface area contributed by atoms with Crippen LogP contribution in [-0.4, -0.2) is 43.2 Å². The van der Waals surface area contributed by atoms with E-state index in [1.165, 1.54) is 6.42 Å². The van der Waals surface area contributed by atoms with E-state index in [2.05, 4.69) is 25.6 Å². The van der Waals surface area contributed by atoms with E-state index in [0.717, 1.165) is 25.9 Å². The number of fused-ring (bicyclic) bond motifs is 1. The van der Waals surface area contributed by atoms with Crippen LogP contribution in [0.5, 0.6) is 0 Å². The molecule has 0 spiro atoms. The van der Waals surface area contributed by atoms with E-state index in [1.807, 2.05) is 0 Å². The lowest BCUT2D eigenvalue weighted by Gasteiger charge is -2.20. The van der Waals surface area contributed by atoms with Gasteiger partial charge < -0.3 is 0 Å². The molecule has 2 rings (SSSR count). The first kappa shape index (κ1) is 10.9. The number of halogens is 1. The summed E-state index contributed by atoms with van der Waals surface area (Å²) < 4.78 is 25.5. The molecule has 82 valence electrons. The summed E-state index contributed by atoms with van der Waals surface area (Å²) in [7, 11) is -3.10. The number of nitrogens with one attached hydrogen (secondary N) is 1. The predicted molar refractivity (Wildman–Crippen MR) is 58.8 cm³/mol. The van der Waals surface area contributed by atoms with Crippen molar-refractivity contribution in [3.05, 3.63) is 0 Å². The summed E-state index contributed by atoms with van der Waals surface area (Å²) in [5, 5.41) is 0. The summed E-state index contributed by atoms with van der Waals surface area (Å²) >= 11 is 2.99. The van der Waals surface area contributed by atoms with Gasteiger partial charge in [-0.2, -0.15) is 0 Å². The quantitative estimate of drug-likeness (QED) is 0.767. The fourth-order valence-electron chi connectivity index (χ4n) is 2.48. The van der Waals surface area contributed by atoms with Crippen molar-refractivity contribution in [2.75, 3.05) is 17.8 Å². The Morgan fingerprint density at radius 3 is 2.86 bits per heavy atom. The number of hydrogen-bond acceptors (Lipinski definition) is 3. The fraction of sp³-hybridized carbons (Fsp3) is 1.00.